The van der Waals surface area contributed by atoms with Gasteiger partial charge in [0.15, 0.2) is 6.29 Å². The molecule has 10 nitrogen and oxygen atoms in total. The molecule has 8 atom stereocenters. The van der Waals surface area contributed by atoms with Gasteiger partial charge >= 0.3 is 0 Å². The van der Waals surface area contributed by atoms with Crippen molar-refractivity contribution in [1.29, 1.82) is 0 Å². The van der Waals surface area contributed by atoms with Gasteiger partial charge in [-0.15, -0.1) is 0 Å². The van der Waals surface area contributed by atoms with E-state index in [0.717, 1.165) is 51.4 Å². The van der Waals surface area contributed by atoms with Gasteiger partial charge in [-0.2, -0.15) is 0 Å². The lowest BCUT2D eigenvalue weighted by Gasteiger charge is -2.40. The molecule has 1 aliphatic rings. The Bertz CT molecular complexity index is 1210. The van der Waals surface area contributed by atoms with E-state index in [2.05, 4.69) is 43.5 Å². The van der Waals surface area contributed by atoms with Crippen molar-refractivity contribution >= 4 is 5.91 Å². The van der Waals surface area contributed by atoms with Crippen molar-refractivity contribution in [3.8, 4) is 0 Å². The molecule has 1 fully saturated rings. The summed E-state index contributed by atoms with van der Waals surface area (Å²) in [6.45, 7) is 3.63. The number of hydrogen-bond donors (Lipinski definition) is 7. The second-order valence-electron chi connectivity index (χ2n) is 20.9. The maximum atomic E-state index is 13.1. The summed E-state index contributed by atoms with van der Waals surface area (Å²) in [6, 6.07) is -0.980. The first-order valence-electron chi connectivity index (χ1n) is 29.8. The first-order chi connectivity index (χ1) is 34.3. The molecule has 70 heavy (non-hydrogen) atoms. The first-order valence-corrected chi connectivity index (χ1v) is 29.8. The van der Waals surface area contributed by atoms with Crippen LogP contribution < -0.4 is 5.32 Å². The van der Waals surface area contributed by atoms with E-state index in [1.807, 2.05) is 6.08 Å². The summed E-state index contributed by atoms with van der Waals surface area (Å²) >= 11 is 0. The normalized spacial score (nSPS) is 20.0. The number of aliphatic hydroxyl groups is 6. The van der Waals surface area contributed by atoms with Crippen molar-refractivity contribution in [3.63, 3.8) is 0 Å². The Morgan fingerprint density at radius 1 is 0.500 bits per heavy atom. The van der Waals surface area contributed by atoms with Crippen molar-refractivity contribution < 1.29 is 44.9 Å². The van der Waals surface area contributed by atoms with E-state index < -0.39 is 61.5 Å². The number of amides is 1. The third kappa shape index (κ3) is 38.0. The third-order valence-corrected chi connectivity index (χ3v) is 14.3. The largest absolute Gasteiger partial charge is 0.394 e. The predicted octanol–water partition coefficient (Wildman–Crippen LogP) is 13.7. The molecular weight excluding hydrogens is 879 g/mol. The molecule has 0 aromatic heterocycles. The fraction of sp³-hybridized carbons (Fsp3) is 0.883. The molecule has 0 radical (unpaired) electrons. The fourth-order valence-corrected chi connectivity index (χ4v) is 9.49. The SMILES string of the molecule is CCCCCCCCCCC/C=C\C/C=C\CCCCCCCCCCCCCCCCC(O)C(=O)NC(COC1OC(CO)C(O)C(O)C1O)C(O)/C=C/CCCCCCCCCCCCCCC. The van der Waals surface area contributed by atoms with Crippen molar-refractivity contribution in [2.24, 2.45) is 0 Å². The zero-order valence-corrected chi connectivity index (χ0v) is 45.4. The molecule has 0 aromatic rings. The van der Waals surface area contributed by atoms with Gasteiger partial charge in [0.2, 0.25) is 5.91 Å². The Kier molecular flexibility index (Phi) is 47.0. The molecule has 0 bridgehead atoms. The number of rotatable bonds is 51. The van der Waals surface area contributed by atoms with Crippen LogP contribution in [0.1, 0.15) is 277 Å². The minimum Gasteiger partial charge on any atom is -0.394 e. The Balaban J connectivity index is 2.20. The molecule has 0 aliphatic carbocycles. The Hall–Kier alpha value is -1.63. The molecule has 1 heterocycles. The highest BCUT2D eigenvalue weighted by molar-refractivity contribution is 5.80. The van der Waals surface area contributed by atoms with Crippen LogP contribution in [0.15, 0.2) is 36.5 Å². The maximum Gasteiger partial charge on any atom is 0.249 e. The van der Waals surface area contributed by atoms with E-state index in [0.29, 0.717) is 6.42 Å². The van der Waals surface area contributed by atoms with Crippen LogP contribution in [0, 0.1) is 0 Å². The molecule has 1 saturated heterocycles. The average Bonchev–Trinajstić information content (AvgIpc) is 3.36. The van der Waals surface area contributed by atoms with Gasteiger partial charge in [0.05, 0.1) is 25.4 Å². The van der Waals surface area contributed by atoms with E-state index in [4.69, 9.17) is 9.47 Å². The van der Waals surface area contributed by atoms with Gasteiger partial charge in [0, 0.05) is 0 Å². The van der Waals surface area contributed by atoms with E-state index in [9.17, 15) is 35.4 Å². The summed E-state index contributed by atoms with van der Waals surface area (Å²) in [6.07, 6.45) is 54.0. The molecule has 0 aromatic carbocycles. The van der Waals surface area contributed by atoms with E-state index in [1.54, 1.807) is 6.08 Å². The second kappa shape index (κ2) is 49.6. The molecule has 0 spiro atoms. The zero-order valence-electron chi connectivity index (χ0n) is 45.4. The summed E-state index contributed by atoms with van der Waals surface area (Å²) in [5.74, 6) is -0.614. The van der Waals surface area contributed by atoms with Gasteiger partial charge in [0.1, 0.15) is 30.5 Å². The van der Waals surface area contributed by atoms with Crippen LogP contribution in [0.3, 0.4) is 0 Å². The number of aliphatic hydroxyl groups excluding tert-OH is 6. The number of allylic oxidation sites excluding steroid dienone is 5. The topological polar surface area (TPSA) is 169 Å². The predicted molar refractivity (Wildman–Crippen MR) is 292 cm³/mol. The van der Waals surface area contributed by atoms with Crippen LogP contribution in [0.25, 0.3) is 0 Å². The van der Waals surface area contributed by atoms with Crippen molar-refractivity contribution in [2.45, 2.75) is 326 Å². The Labute approximate surface area is 430 Å². The lowest BCUT2D eigenvalue weighted by atomic mass is 9.99. The van der Waals surface area contributed by atoms with Crippen LogP contribution in [0.2, 0.25) is 0 Å². The van der Waals surface area contributed by atoms with Crippen LogP contribution in [0.4, 0.5) is 0 Å². The van der Waals surface area contributed by atoms with E-state index >= 15 is 0 Å². The van der Waals surface area contributed by atoms with E-state index in [-0.39, 0.29) is 6.61 Å². The number of carbonyl (C=O) groups excluding carboxylic acids is 1. The quantitative estimate of drug-likeness (QED) is 0.0232. The maximum absolute atomic E-state index is 13.1. The Morgan fingerprint density at radius 2 is 0.871 bits per heavy atom. The van der Waals surface area contributed by atoms with Gasteiger partial charge < -0.3 is 45.4 Å². The molecule has 1 amide bonds. The highest BCUT2D eigenvalue weighted by Gasteiger charge is 2.44. The fourth-order valence-electron chi connectivity index (χ4n) is 9.49. The molecule has 7 N–H and O–H groups in total. The summed E-state index contributed by atoms with van der Waals surface area (Å²) in [7, 11) is 0. The molecule has 1 aliphatic heterocycles. The second-order valence-corrected chi connectivity index (χ2v) is 20.9. The van der Waals surface area contributed by atoms with Crippen LogP contribution in [0.5, 0.6) is 0 Å². The van der Waals surface area contributed by atoms with Gasteiger partial charge in [-0.1, -0.05) is 262 Å². The lowest BCUT2D eigenvalue weighted by Crippen LogP contribution is -2.60. The summed E-state index contributed by atoms with van der Waals surface area (Å²) in [5.41, 5.74) is 0. The smallest absolute Gasteiger partial charge is 0.249 e. The van der Waals surface area contributed by atoms with Crippen LogP contribution >= 0.6 is 0 Å². The Morgan fingerprint density at radius 3 is 1.27 bits per heavy atom. The first kappa shape index (κ1) is 66.4. The summed E-state index contributed by atoms with van der Waals surface area (Å²) in [4.78, 5) is 13.1. The lowest BCUT2D eigenvalue weighted by molar-refractivity contribution is -0.302. The minimum atomic E-state index is -1.61. The molecule has 0 saturated carbocycles. The van der Waals surface area contributed by atoms with E-state index in [1.165, 1.54) is 205 Å². The highest BCUT2D eigenvalue weighted by atomic mass is 16.7. The van der Waals surface area contributed by atoms with Crippen molar-refractivity contribution in [3.05, 3.63) is 36.5 Å². The van der Waals surface area contributed by atoms with Gasteiger partial charge in [-0.05, 0) is 51.4 Å². The molecular formula is C60H113NO9. The highest BCUT2D eigenvalue weighted by Crippen LogP contribution is 2.23. The monoisotopic (exact) mass is 992 g/mol. The van der Waals surface area contributed by atoms with Crippen LogP contribution in [-0.4, -0.2) is 98.7 Å². The third-order valence-electron chi connectivity index (χ3n) is 14.3. The number of nitrogens with one attached hydrogen (secondary N) is 1. The molecule has 412 valence electrons. The van der Waals surface area contributed by atoms with Gasteiger partial charge in [-0.3, -0.25) is 4.79 Å². The number of hydrogen-bond acceptors (Lipinski definition) is 9. The average molecular weight is 993 g/mol. The number of carbonyl (C=O) groups is 1. The van der Waals surface area contributed by atoms with Gasteiger partial charge in [-0.25, -0.2) is 0 Å². The standard InChI is InChI=1S/C60H113NO9/c1-3-5-7-9-11-13-15-17-19-20-21-22-23-24-25-26-27-28-29-30-31-32-33-35-37-39-41-43-45-47-49-54(64)59(68)61-52(51-69-60-58(67)57(66)56(65)55(50-62)70-60)53(63)48-46-44-42-40-38-36-34-18-16-14-12-10-8-6-4-2/h21-22,24-25,46,48,52-58,60,62-67H,3-20,23,26-45,47,49-51H2,1-2H3,(H,61,68)/b22-21-,25-24-,48-46+. The van der Waals surface area contributed by atoms with Crippen molar-refractivity contribution in [2.75, 3.05) is 13.2 Å². The van der Waals surface area contributed by atoms with Gasteiger partial charge in [0.25, 0.3) is 0 Å². The molecule has 8 unspecified atom stereocenters. The number of ether oxygens (including phenoxy) is 2. The van der Waals surface area contributed by atoms with Crippen LogP contribution in [-0.2, 0) is 14.3 Å². The summed E-state index contributed by atoms with van der Waals surface area (Å²) in [5, 5.41) is 65.0. The molecule has 1 rings (SSSR count). The zero-order chi connectivity index (χ0) is 51.0. The minimum absolute atomic E-state index is 0.304. The number of unbranched alkanes of at least 4 members (excludes halogenated alkanes) is 36. The van der Waals surface area contributed by atoms with Crippen molar-refractivity contribution in [1.82, 2.24) is 5.32 Å². The molecule has 10 heteroatoms. The summed E-state index contributed by atoms with van der Waals surface area (Å²) < 4.78 is 11.2.